The van der Waals surface area contributed by atoms with Crippen molar-refractivity contribution >= 4 is 16.7 Å². The van der Waals surface area contributed by atoms with Crippen LogP contribution in [-0.2, 0) is 30.8 Å². The number of nitrogens with zero attached hydrogens (tertiary/aromatic N) is 3. The van der Waals surface area contributed by atoms with Crippen LogP contribution in [0.25, 0.3) is 10.8 Å². The minimum atomic E-state index is -5.08. The average molecular weight is 422 g/mol. The third-order valence-corrected chi connectivity index (χ3v) is 4.41. The van der Waals surface area contributed by atoms with Crippen molar-refractivity contribution in [3.05, 3.63) is 59.4 Å². The van der Waals surface area contributed by atoms with E-state index >= 15 is 0 Å². The van der Waals surface area contributed by atoms with Gasteiger partial charge in [0.25, 0.3) is 0 Å². The summed E-state index contributed by atoms with van der Waals surface area (Å²) >= 11 is 0. The molecular weight excluding hydrogens is 397 g/mol. The van der Waals surface area contributed by atoms with Crippen LogP contribution in [0, 0.1) is 0 Å². The predicted octanol–water partition coefficient (Wildman–Crippen LogP) is 4.33. The standard InChI is InChI=1S/C19H24N4.C2HF3O2/c1-3-11-23-14-17(21-22-23)12-20-13-19-15(4-2)9-10-16-7-5-6-8-18(16)19;3-2(4,5)1(6)7/h5-10,14,20H,3-4,11-13H2,1-2H3;(H,6,7). The largest absolute Gasteiger partial charge is 0.490 e. The van der Waals surface area contributed by atoms with E-state index in [9.17, 15) is 13.2 Å². The van der Waals surface area contributed by atoms with Crippen molar-refractivity contribution in [3.8, 4) is 0 Å². The molecule has 3 rings (SSSR count). The molecule has 0 aliphatic heterocycles. The van der Waals surface area contributed by atoms with Crippen LogP contribution in [0.15, 0.2) is 42.6 Å². The van der Waals surface area contributed by atoms with Crippen molar-refractivity contribution < 1.29 is 23.1 Å². The van der Waals surface area contributed by atoms with Crippen LogP contribution < -0.4 is 5.32 Å². The van der Waals surface area contributed by atoms with E-state index in [4.69, 9.17) is 9.90 Å². The third kappa shape index (κ3) is 6.55. The predicted molar refractivity (Wildman–Crippen MR) is 108 cm³/mol. The Balaban J connectivity index is 0.000000396. The summed E-state index contributed by atoms with van der Waals surface area (Å²) in [6, 6.07) is 13.1. The molecule has 0 saturated carbocycles. The second kappa shape index (κ2) is 10.7. The van der Waals surface area contributed by atoms with Crippen LogP contribution >= 0.6 is 0 Å². The van der Waals surface area contributed by atoms with Crippen LogP contribution in [0.1, 0.15) is 37.1 Å². The molecule has 1 heterocycles. The van der Waals surface area contributed by atoms with E-state index in [1.807, 2.05) is 10.9 Å². The highest BCUT2D eigenvalue weighted by Crippen LogP contribution is 2.23. The summed E-state index contributed by atoms with van der Waals surface area (Å²) in [6.45, 7) is 6.88. The molecule has 2 aromatic carbocycles. The Labute approximate surface area is 172 Å². The zero-order valence-corrected chi connectivity index (χ0v) is 16.9. The number of aryl methyl sites for hydroxylation is 2. The Hall–Kier alpha value is -2.94. The minimum Gasteiger partial charge on any atom is -0.475 e. The number of fused-ring (bicyclic) bond motifs is 1. The molecule has 9 heteroatoms. The Morgan fingerprint density at radius 1 is 1.13 bits per heavy atom. The molecule has 30 heavy (non-hydrogen) atoms. The van der Waals surface area contributed by atoms with Crippen LogP contribution in [0.2, 0.25) is 0 Å². The number of halogens is 3. The first-order valence-electron chi connectivity index (χ1n) is 9.65. The molecule has 0 aliphatic carbocycles. The Bertz CT molecular complexity index is 970. The van der Waals surface area contributed by atoms with Gasteiger partial charge in [0.05, 0.1) is 5.69 Å². The first kappa shape index (κ1) is 23.3. The lowest BCUT2D eigenvalue weighted by molar-refractivity contribution is -0.192. The topological polar surface area (TPSA) is 80.0 Å². The van der Waals surface area contributed by atoms with E-state index in [2.05, 4.69) is 65.9 Å². The quantitative estimate of drug-likeness (QED) is 0.593. The molecule has 2 N–H and O–H groups in total. The summed E-state index contributed by atoms with van der Waals surface area (Å²) in [5.41, 5.74) is 3.80. The number of carbonyl (C=O) groups is 1. The van der Waals surface area contributed by atoms with Gasteiger partial charge in [0.2, 0.25) is 0 Å². The summed E-state index contributed by atoms with van der Waals surface area (Å²) in [5.74, 6) is -2.76. The number of alkyl halides is 3. The van der Waals surface area contributed by atoms with Crippen LogP contribution in [0.3, 0.4) is 0 Å². The number of carboxylic acid groups (broad SMARTS) is 1. The molecule has 0 saturated heterocycles. The lowest BCUT2D eigenvalue weighted by Crippen LogP contribution is -2.21. The maximum Gasteiger partial charge on any atom is 0.490 e. The van der Waals surface area contributed by atoms with Crippen LogP contribution in [0.4, 0.5) is 13.2 Å². The monoisotopic (exact) mass is 422 g/mol. The van der Waals surface area contributed by atoms with Crippen molar-refractivity contribution in [2.75, 3.05) is 0 Å². The number of hydrogen-bond donors (Lipinski definition) is 2. The van der Waals surface area contributed by atoms with Crippen molar-refractivity contribution in [1.29, 1.82) is 0 Å². The van der Waals surface area contributed by atoms with Crippen molar-refractivity contribution in [1.82, 2.24) is 20.3 Å². The number of hydrogen-bond acceptors (Lipinski definition) is 4. The second-order valence-corrected chi connectivity index (χ2v) is 6.66. The molecule has 0 fully saturated rings. The molecule has 0 bridgehead atoms. The SMILES string of the molecule is CCCn1cc(CNCc2c(CC)ccc3ccccc23)nn1.O=C(O)C(F)(F)F. The number of nitrogens with one attached hydrogen (secondary N) is 1. The fourth-order valence-electron chi connectivity index (χ4n) is 2.99. The molecule has 6 nitrogen and oxygen atoms in total. The fourth-order valence-corrected chi connectivity index (χ4v) is 2.99. The maximum absolute atomic E-state index is 10.6. The van der Waals surface area contributed by atoms with Gasteiger partial charge in [0.15, 0.2) is 0 Å². The Morgan fingerprint density at radius 2 is 1.83 bits per heavy atom. The molecule has 0 unspecified atom stereocenters. The number of aliphatic carboxylic acids is 1. The molecule has 0 atom stereocenters. The van der Waals surface area contributed by atoms with Gasteiger partial charge in [-0.2, -0.15) is 13.2 Å². The van der Waals surface area contributed by atoms with Gasteiger partial charge in [-0.15, -0.1) is 5.10 Å². The summed E-state index contributed by atoms with van der Waals surface area (Å²) in [7, 11) is 0. The molecule has 162 valence electrons. The summed E-state index contributed by atoms with van der Waals surface area (Å²) < 4.78 is 33.6. The van der Waals surface area contributed by atoms with Crippen LogP contribution in [-0.4, -0.2) is 32.2 Å². The fraction of sp³-hybridized carbons (Fsp3) is 0.381. The first-order chi connectivity index (χ1) is 14.3. The molecule has 0 radical (unpaired) electrons. The molecule has 3 aromatic rings. The van der Waals surface area contributed by atoms with E-state index in [0.29, 0.717) is 0 Å². The van der Waals surface area contributed by atoms with E-state index in [1.165, 1.54) is 21.9 Å². The zero-order chi connectivity index (χ0) is 22.1. The van der Waals surface area contributed by atoms with Crippen molar-refractivity contribution in [2.45, 2.75) is 52.5 Å². The van der Waals surface area contributed by atoms with E-state index in [0.717, 1.165) is 38.2 Å². The number of carboxylic acids is 1. The van der Waals surface area contributed by atoms with Gasteiger partial charge in [-0.1, -0.05) is 55.5 Å². The van der Waals surface area contributed by atoms with Gasteiger partial charge in [-0.3, -0.25) is 4.68 Å². The summed E-state index contributed by atoms with van der Waals surface area (Å²) in [5, 5.41) is 21.7. The molecular formula is C21H25F3N4O2. The first-order valence-corrected chi connectivity index (χ1v) is 9.65. The van der Waals surface area contributed by atoms with Gasteiger partial charge in [-0.05, 0) is 34.7 Å². The highest BCUT2D eigenvalue weighted by Gasteiger charge is 2.38. The van der Waals surface area contributed by atoms with E-state index < -0.39 is 12.1 Å². The summed E-state index contributed by atoms with van der Waals surface area (Å²) in [6.07, 6.45) is -0.930. The average Bonchev–Trinajstić information content (AvgIpc) is 3.15. The molecule has 1 aromatic heterocycles. The highest BCUT2D eigenvalue weighted by molar-refractivity contribution is 5.86. The maximum atomic E-state index is 10.6. The normalized spacial score (nSPS) is 11.2. The minimum absolute atomic E-state index is 0.746. The van der Waals surface area contributed by atoms with Gasteiger partial charge < -0.3 is 10.4 Å². The molecule has 0 spiro atoms. The number of rotatable bonds is 7. The summed E-state index contributed by atoms with van der Waals surface area (Å²) in [4.78, 5) is 8.90. The third-order valence-electron chi connectivity index (χ3n) is 4.41. The van der Waals surface area contributed by atoms with Crippen molar-refractivity contribution in [2.24, 2.45) is 0 Å². The van der Waals surface area contributed by atoms with Gasteiger partial charge in [0, 0.05) is 25.8 Å². The van der Waals surface area contributed by atoms with Gasteiger partial charge >= 0.3 is 12.1 Å². The van der Waals surface area contributed by atoms with E-state index in [-0.39, 0.29) is 0 Å². The Kier molecular flexibility index (Phi) is 8.35. The van der Waals surface area contributed by atoms with Crippen LogP contribution in [0.5, 0.6) is 0 Å². The van der Waals surface area contributed by atoms with E-state index in [1.54, 1.807) is 0 Å². The number of benzene rings is 2. The molecule has 0 aliphatic rings. The van der Waals surface area contributed by atoms with Crippen molar-refractivity contribution in [3.63, 3.8) is 0 Å². The second-order valence-electron chi connectivity index (χ2n) is 6.66. The van der Waals surface area contributed by atoms with Gasteiger partial charge in [-0.25, -0.2) is 4.79 Å². The highest BCUT2D eigenvalue weighted by atomic mass is 19.4. The Morgan fingerprint density at radius 3 is 2.47 bits per heavy atom. The lowest BCUT2D eigenvalue weighted by Gasteiger charge is -2.12. The molecule has 0 amide bonds. The lowest BCUT2D eigenvalue weighted by atomic mass is 9.97. The zero-order valence-electron chi connectivity index (χ0n) is 16.9. The smallest absolute Gasteiger partial charge is 0.475 e. The number of aromatic nitrogens is 3. The van der Waals surface area contributed by atoms with Gasteiger partial charge in [0.1, 0.15) is 0 Å².